The minimum Gasteiger partial charge on any atom is -0.397 e. The first-order chi connectivity index (χ1) is 24.4. The van der Waals surface area contributed by atoms with Crippen molar-refractivity contribution in [2.75, 3.05) is 0 Å². The number of hydrogen-bond acceptors (Lipinski definition) is 10. The standard InChI is InChI=1S/C32H24Br4N6O6S2/c33-21-9-15(10-22(34)27(21)31(49(43,44)45)13-25(41-39)29(37)17-5-1-3-7-19(17)31)16-11-23(35)28(24(36)12-16)32(50(46,47)48)14-26(42-40)30(38)18-6-2-4-8-20(18)32/h1-12,39-40H,13-14,37-38H2,(H,43,44,45)(H,46,47,48)/b41-39+,42-40+. The van der Waals surface area contributed by atoms with Crippen LogP contribution in [0.4, 0.5) is 0 Å². The Morgan fingerprint density at radius 3 is 1.26 bits per heavy atom. The van der Waals surface area contributed by atoms with Crippen molar-refractivity contribution in [3.63, 3.8) is 0 Å². The van der Waals surface area contributed by atoms with Gasteiger partial charge in [-0.3, -0.25) is 9.11 Å². The second-order valence-electron chi connectivity index (χ2n) is 11.6. The van der Waals surface area contributed by atoms with Crippen molar-refractivity contribution in [2.24, 2.45) is 21.7 Å². The molecule has 0 aromatic heterocycles. The van der Waals surface area contributed by atoms with Crippen LogP contribution in [0, 0.1) is 11.0 Å². The topological polar surface area (TPSA) is 233 Å². The maximum Gasteiger partial charge on any atom is 0.279 e. The molecular formula is C32H24Br4N6O6S2. The molecule has 4 aromatic rings. The molecule has 6 rings (SSSR count). The summed E-state index contributed by atoms with van der Waals surface area (Å²) in [6.45, 7) is 0. The summed E-state index contributed by atoms with van der Waals surface area (Å²) in [6, 6.07) is 19.3. The SMILES string of the molecule is [H]/N=N/C1=C(N)c2ccccc2C(c2c(Br)cc(-c3cc(Br)c(C4(S(=O)(=O)O)CC(/N=N/[H])=C(N)c5ccccc54)c(Br)c3)cc2Br)(S(=O)(=O)O)C1. The van der Waals surface area contributed by atoms with Gasteiger partial charge in [0.25, 0.3) is 20.2 Å². The number of hydrogen-bond donors (Lipinski definition) is 6. The molecule has 50 heavy (non-hydrogen) atoms. The van der Waals surface area contributed by atoms with E-state index in [1.165, 1.54) is 0 Å². The smallest absolute Gasteiger partial charge is 0.279 e. The van der Waals surface area contributed by atoms with Crippen molar-refractivity contribution in [1.29, 1.82) is 11.0 Å². The molecule has 0 spiro atoms. The maximum absolute atomic E-state index is 13.6. The van der Waals surface area contributed by atoms with Gasteiger partial charge >= 0.3 is 0 Å². The third kappa shape index (κ3) is 5.37. The second kappa shape index (κ2) is 12.8. The lowest BCUT2D eigenvalue weighted by Crippen LogP contribution is -2.41. The summed E-state index contributed by atoms with van der Waals surface area (Å²) < 4.78 is 87.6. The van der Waals surface area contributed by atoms with Crippen LogP contribution in [-0.4, -0.2) is 25.9 Å². The molecule has 0 heterocycles. The normalized spacial score (nSPS) is 21.7. The van der Waals surface area contributed by atoms with Crippen molar-refractivity contribution in [3.8, 4) is 11.1 Å². The summed E-state index contributed by atoms with van der Waals surface area (Å²) in [7, 11) is -9.97. The fourth-order valence-corrected chi connectivity index (χ4v) is 13.7. The Morgan fingerprint density at radius 2 is 0.960 bits per heavy atom. The summed E-state index contributed by atoms with van der Waals surface area (Å²) >= 11 is 14.2. The molecule has 2 aliphatic carbocycles. The molecule has 8 N–H and O–H groups in total. The molecule has 0 radical (unpaired) electrons. The lowest BCUT2D eigenvalue weighted by atomic mass is 9.78. The van der Waals surface area contributed by atoms with E-state index in [4.69, 9.17) is 14.3 Å². The van der Waals surface area contributed by atoms with Crippen LogP contribution in [0.25, 0.3) is 22.5 Å². The van der Waals surface area contributed by atoms with Gasteiger partial charge in [0, 0.05) is 53.0 Å². The number of nitrogens with two attached hydrogens (primary N) is 2. The minimum absolute atomic E-state index is 0.0151. The molecule has 2 aliphatic rings. The van der Waals surface area contributed by atoms with E-state index in [1.54, 1.807) is 72.8 Å². The molecule has 12 nitrogen and oxygen atoms in total. The fraction of sp³-hybridized carbons (Fsp3) is 0.125. The maximum atomic E-state index is 13.6. The molecule has 0 amide bonds. The molecule has 258 valence electrons. The molecule has 0 bridgehead atoms. The van der Waals surface area contributed by atoms with E-state index >= 15 is 0 Å². The highest BCUT2D eigenvalue weighted by molar-refractivity contribution is 9.11. The van der Waals surface area contributed by atoms with Crippen molar-refractivity contribution in [2.45, 2.75) is 22.3 Å². The van der Waals surface area contributed by atoms with E-state index < -0.39 is 42.6 Å². The van der Waals surface area contributed by atoms with Crippen LogP contribution >= 0.6 is 63.7 Å². The molecular weight excluding hydrogens is 948 g/mol. The number of halogens is 4. The first-order valence-electron chi connectivity index (χ1n) is 15.1. The van der Waals surface area contributed by atoms with Gasteiger partial charge in [-0.1, -0.05) is 112 Å². The summed E-state index contributed by atoms with van der Waals surface area (Å²) in [5, 5.41) is 7.57. The quantitative estimate of drug-likeness (QED) is 0.0772. The molecule has 0 saturated carbocycles. The van der Waals surface area contributed by atoms with Crippen LogP contribution in [0.5, 0.6) is 0 Å². The van der Waals surface area contributed by atoms with Crippen molar-refractivity contribution < 1.29 is 28.8 Å². The van der Waals surface area contributed by atoms with E-state index in [1.807, 2.05) is 0 Å². The number of nitrogens with zero attached hydrogens (tertiary/aromatic N) is 2. The molecule has 0 fully saturated rings. The van der Waals surface area contributed by atoms with E-state index in [2.05, 4.69) is 85.0 Å². The van der Waals surface area contributed by atoms with E-state index in [0.717, 1.165) is 0 Å². The molecule has 0 aliphatic heterocycles. The van der Waals surface area contributed by atoms with E-state index in [0.29, 0.717) is 22.3 Å². The number of nitrogens with one attached hydrogen (secondary N) is 2. The van der Waals surface area contributed by atoms with Gasteiger partial charge in [0.2, 0.25) is 2.82 Å². The predicted octanol–water partition coefficient (Wildman–Crippen LogP) is 8.79. The summed E-state index contributed by atoms with van der Waals surface area (Å²) in [4.78, 5) is 0. The number of benzene rings is 4. The van der Waals surface area contributed by atoms with Crippen LogP contribution in [-0.2, 0) is 29.7 Å². The van der Waals surface area contributed by atoms with Crippen LogP contribution in [0.15, 0.2) is 112 Å². The van der Waals surface area contributed by atoms with Gasteiger partial charge in [0.1, 0.15) is 0 Å². The average molecular weight is 972 g/mol. The molecule has 18 heteroatoms. The Labute approximate surface area is 323 Å². The summed E-state index contributed by atoms with van der Waals surface area (Å²) in [6.07, 6.45) is -0.890. The number of allylic oxidation sites excluding steroid dienone is 2. The van der Waals surface area contributed by atoms with Gasteiger partial charge in [0.15, 0.2) is 9.49 Å². The largest absolute Gasteiger partial charge is 0.397 e. The molecule has 2 unspecified atom stereocenters. The first-order valence-corrected chi connectivity index (χ1v) is 20.3. The third-order valence-electron chi connectivity index (χ3n) is 9.11. The second-order valence-corrected chi connectivity index (χ2v) is 18.3. The third-order valence-corrected chi connectivity index (χ3v) is 14.5. The Hall–Kier alpha value is -3.10. The van der Waals surface area contributed by atoms with E-state index in [9.17, 15) is 25.9 Å². The molecule has 0 saturated heterocycles. The van der Waals surface area contributed by atoms with Crippen LogP contribution < -0.4 is 11.5 Å². The van der Waals surface area contributed by atoms with Gasteiger partial charge in [-0.25, -0.2) is 11.0 Å². The Kier molecular flexibility index (Phi) is 8.73. The molecule has 4 aromatic carbocycles. The van der Waals surface area contributed by atoms with Crippen LogP contribution in [0.2, 0.25) is 2.82 Å². The Morgan fingerprint density at radius 1 is 0.640 bits per heavy atom. The van der Waals surface area contributed by atoms with Gasteiger partial charge < -0.3 is 11.5 Å². The monoisotopic (exact) mass is 968 g/mol. The average Bonchev–Trinajstić information content (AvgIpc) is 3.07. The first kappa shape index (κ1) is 34.0. The zero-order chi connectivity index (χ0) is 38.0. The zero-order valence-corrected chi connectivity index (χ0v) is 33.1. The van der Waals surface area contributed by atoms with Crippen molar-refractivity contribution >= 4 is 95.4 Å². The van der Waals surface area contributed by atoms with Gasteiger partial charge in [-0.2, -0.15) is 27.1 Å². The van der Waals surface area contributed by atoms with Crippen LogP contribution in [0.1, 0.15) is 46.2 Å². The number of fused-ring (bicyclic) bond motifs is 2. The highest BCUT2D eigenvalue weighted by atomic mass is 79.9. The highest BCUT2D eigenvalue weighted by Crippen LogP contribution is 2.56. The van der Waals surface area contributed by atoms with Crippen molar-refractivity contribution in [3.05, 3.63) is 135 Å². The Bertz CT molecular complexity index is 2330. The van der Waals surface area contributed by atoms with E-state index in [-0.39, 0.29) is 62.9 Å². The highest BCUT2D eigenvalue weighted by Gasteiger charge is 2.54. The predicted molar refractivity (Wildman–Crippen MR) is 202 cm³/mol. The van der Waals surface area contributed by atoms with Gasteiger partial charge in [0.05, 0.1) is 22.8 Å². The lowest BCUT2D eigenvalue weighted by molar-refractivity contribution is 0.438. The van der Waals surface area contributed by atoms with Gasteiger partial charge in [-0.15, -0.1) is 0 Å². The Balaban J connectivity index is 1.57. The minimum atomic E-state index is -4.99. The zero-order valence-electron chi connectivity index (χ0n) is 27.1. The summed E-state index contributed by atoms with van der Waals surface area (Å²) in [5.74, 6) is 0. The fourth-order valence-electron chi connectivity index (χ4n) is 6.90. The molecule has 2 atom stereocenters. The van der Waals surface area contributed by atoms with Gasteiger partial charge in [-0.05, 0) is 46.5 Å². The van der Waals surface area contributed by atoms with Crippen LogP contribution in [0.3, 0.4) is 0 Å². The summed E-state index contributed by atoms with van der Waals surface area (Å²) in [5.41, 5.74) is 21.3. The number of rotatable bonds is 7. The lowest BCUT2D eigenvalue weighted by Gasteiger charge is -2.38. The van der Waals surface area contributed by atoms with Crippen molar-refractivity contribution in [1.82, 2.24) is 0 Å².